The molecule has 2 N–H and O–H groups in total. The number of nitrogens with zero attached hydrogens (tertiary/aromatic N) is 1. The first-order valence-corrected chi connectivity index (χ1v) is 7.53. The van der Waals surface area contributed by atoms with E-state index in [1.54, 1.807) is 4.90 Å². The maximum absolute atomic E-state index is 12.0. The normalized spacial score (nSPS) is 36.0. The highest BCUT2D eigenvalue weighted by Gasteiger charge is 2.44. The fourth-order valence-electron chi connectivity index (χ4n) is 2.33. The molecule has 1 saturated carbocycles. The smallest absolute Gasteiger partial charge is 0.227 e. The molecule has 3 atom stereocenters. The fraction of sp³-hybridized carbons (Fsp3) is 0.900. The zero-order valence-corrected chi connectivity index (χ0v) is 10.2. The van der Waals surface area contributed by atoms with Crippen molar-refractivity contribution < 1.29 is 13.2 Å². The van der Waals surface area contributed by atoms with Crippen LogP contribution < -0.4 is 5.73 Å². The van der Waals surface area contributed by atoms with E-state index in [1.807, 2.05) is 6.92 Å². The average molecular weight is 246 g/mol. The number of sulfone groups is 1. The topological polar surface area (TPSA) is 80.5 Å². The Balaban J connectivity index is 2.03. The van der Waals surface area contributed by atoms with Gasteiger partial charge in [-0.25, -0.2) is 8.42 Å². The second-order valence-corrected chi connectivity index (χ2v) is 6.92. The van der Waals surface area contributed by atoms with E-state index in [0.717, 1.165) is 6.42 Å². The molecule has 0 aromatic carbocycles. The van der Waals surface area contributed by atoms with Crippen LogP contribution in [0.4, 0.5) is 0 Å². The maximum Gasteiger partial charge on any atom is 0.227 e. The molecule has 1 saturated heterocycles. The first-order valence-electron chi connectivity index (χ1n) is 5.71. The van der Waals surface area contributed by atoms with Gasteiger partial charge in [0.15, 0.2) is 9.84 Å². The highest BCUT2D eigenvalue weighted by atomic mass is 32.2. The summed E-state index contributed by atoms with van der Waals surface area (Å²) >= 11 is 0. The fourth-order valence-corrected chi connectivity index (χ4v) is 4.06. The monoisotopic (exact) mass is 246 g/mol. The van der Waals surface area contributed by atoms with Crippen molar-refractivity contribution in [2.45, 2.75) is 31.8 Å². The second-order valence-electron chi connectivity index (χ2n) is 4.69. The Morgan fingerprint density at radius 2 is 2.12 bits per heavy atom. The third-order valence-electron chi connectivity index (χ3n) is 3.43. The molecule has 16 heavy (non-hydrogen) atoms. The first-order chi connectivity index (χ1) is 7.44. The Hall–Kier alpha value is -0.620. The summed E-state index contributed by atoms with van der Waals surface area (Å²) in [5, 5.41) is 0. The van der Waals surface area contributed by atoms with Crippen LogP contribution in [0.5, 0.6) is 0 Å². The molecule has 3 unspecified atom stereocenters. The van der Waals surface area contributed by atoms with E-state index in [-0.39, 0.29) is 35.4 Å². The van der Waals surface area contributed by atoms with Crippen LogP contribution in [0, 0.1) is 5.92 Å². The molecule has 0 aromatic heterocycles. The van der Waals surface area contributed by atoms with Crippen LogP contribution in [0.15, 0.2) is 0 Å². The minimum Gasteiger partial charge on any atom is -0.339 e. The third-order valence-corrected chi connectivity index (χ3v) is 5.18. The lowest BCUT2D eigenvalue weighted by atomic mass is 10.2. The summed E-state index contributed by atoms with van der Waals surface area (Å²) in [5.74, 6) is 0.299. The minimum atomic E-state index is -2.93. The molecule has 2 rings (SSSR count). The molecule has 6 heteroatoms. The van der Waals surface area contributed by atoms with Crippen molar-refractivity contribution in [1.29, 1.82) is 0 Å². The van der Waals surface area contributed by atoms with Crippen molar-refractivity contribution >= 4 is 15.7 Å². The van der Waals surface area contributed by atoms with Gasteiger partial charge in [0.05, 0.1) is 17.4 Å². The Bertz CT molecular complexity index is 393. The standard InChI is InChI=1S/C10H18N2O3S/c1-2-12(10(13)8-5-9(8)11)7-3-4-16(14,15)6-7/h7-9H,2-6,11H2,1H3. The van der Waals surface area contributed by atoms with Crippen molar-refractivity contribution in [3.8, 4) is 0 Å². The predicted octanol–water partition coefficient (Wildman–Crippen LogP) is -0.631. The molecular formula is C10H18N2O3S. The van der Waals surface area contributed by atoms with Gasteiger partial charge in [-0.15, -0.1) is 0 Å². The molecule has 0 radical (unpaired) electrons. The minimum absolute atomic E-state index is 0.0143. The number of hydrogen-bond donors (Lipinski definition) is 1. The second kappa shape index (κ2) is 4.00. The molecule has 1 aliphatic heterocycles. The van der Waals surface area contributed by atoms with E-state index < -0.39 is 9.84 Å². The van der Waals surface area contributed by atoms with Gasteiger partial charge in [-0.3, -0.25) is 4.79 Å². The van der Waals surface area contributed by atoms with Crippen LogP contribution in [0.1, 0.15) is 19.8 Å². The lowest BCUT2D eigenvalue weighted by Crippen LogP contribution is -2.42. The van der Waals surface area contributed by atoms with Gasteiger partial charge in [0, 0.05) is 18.6 Å². The molecule has 2 fully saturated rings. The first kappa shape index (κ1) is 11.9. The van der Waals surface area contributed by atoms with Crippen LogP contribution >= 0.6 is 0 Å². The lowest BCUT2D eigenvalue weighted by molar-refractivity contribution is -0.134. The predicted molar refractivity (Wildman–Crippen MR) is 60.5 cm³/mol. The van der Waals surface area contributed by atoms with Crippen molar-refractivity contribution in [3.05, 3.63) is 0 Å². The molecule has 0 aromatic rings. The van der Waals surface area contributed by atoms with Gasteiger partial charge in [-0.1, -0.05) is 0 Å². The number of carbonyl (C=O) groups is 1. The Morgan fingerprint density at radius 3 is 2.50 bits per heavy atom. The van der Waals surface area contributed by atoms with Gasteiger partial charge in [0.1, 0.15) is 0 Å². The molecule has 2 aliphatic rings. The van der Waals surface area contributed by atoms with Gasteiger partial charge in [0.2, 0.25) is 5.91 Å². The number of nitrogens with two attached hydrogens (primary N) is 1. The van der Waals surface area contributed by atoms with Gasteiger partial charge in [0.25, 0.3) is 0 Å². The van der Waals surface area contributed by atoms with E-state index in [2.05, 4.69) is 0 Å². The van der Waals surface area contributed by atoms with Crippen LogP contribution in [0.3, 0.4) is 0 Å². The quantitative estimate of drug-likeness (QED) is 0.719. The van der Waals surface area contributed by atoms with E-state index in [1.165, 1.54) is 0 Å². The molecule has 0 spiro atoms. The summed E-state index contributed by atoms with van der Waals surface area (Å²) in [6.45, 7) is 2.46. The van der Waals surface area contributed by atoms with Gasteiger partial charge in [-0.05, 0) is 19.8 Å². The van der Waals surface area contributed by atoms with E-state index in [0.29, 0.717) is 13.0 Å². The van der Waals surface area contributed by atoms with Crippen molar-refractivity contribution in [1.82, 2.24) is 4.90 Å². The third kappa shape index (κ3) is 2.22. The van der Waals surface area contributed by atoms with Crippen molar-refractivity contribution in [2.75, 3.05) is 18.1 Å². The Morgan fingerprint density at radius 1 is 1.50 bits per heavy atom. The average Bonchev–Trinajstić information content (AvgIpc) is 2.82. The van der Waals surface area contributed by atoms with E-state index >= 15 is 0 Å². The largest absolute Gasteiger partial charge is 0.339 e. The number of hydrogen-bond acceptors (Lipinski definition) is 4. The van der Waals surface area contributed by atoms with Crippen LogP contribution in [-0.4, -0.2) is 49.4 Å². The van der Waals surface area contributed by atoms with Crippen molar-refractivity contribution in [2.24, 2.45) is 11.7 Å². The van der Waals surface area contributed by atoms with E-state index in [9.17, 15) is 13.2 Å². The SMILES string of the molecule is CCN(C(=O)C1CC1N)C1CCS(=O)(=O)C1. The van der Waals surface area contributed by atoms with Gasteiger partial charge < -0.3 is 10.6 Å². The number of carbonyl (C=O) groups excluding carboxylic acids is 1. The summed E-state index contributed by atoms with van der Waals surface area (Å²) in [7, 11) is -2.93. The molecule has 92 valence electrons. The van der Waals surface area contributed by atoms with Gasteiger partial charge >= 0.3 is 0 Å². The summed E-state index contributed by atoms with van der Waals surface area (Å²) in [5.41, 5.74) is 5.65. The summed E-state index contributed by atoms with van der Waals surface area (Å²) < 4.78 is 22.7. The molecule has 0 bridgehead atoms. The van der Waals surface area contributed by atoms with Crippen LogP contribution in [-0.2, 0) is 14.6 Å². The summed E-state index contributed by atoms with van der Waals surface area (Å²) in [6.07, 6.45) is 1.32. The van der Waals surface area contributed by atoms with E-state index in [4.69, 9.17) is 5.73 Å². The zero-order chi connectivity index (χ0) is 11.9. The highest BCUT2D eigenvalue weighted by molar-refractivity contribution is 7.91. The number of amides is 1. The van der Waals surface area contributed by atoms with Crippen LogP contribution in [0.25, 0.3) is 0 Å². The molecule has 1 amide bonds. The molecular weight excluding hydrogens is 228 g/mol. The Kier molecular flexibility index (Phi) is 2.96. The highest BCUT2D eigenvalue weighted by Crippen LogP contribution is 2.31. The molecule has 1 heterocycles. The number of rotatable bonds is 3. The molecule has 5 nitrogen and oxygen atoms in total. The van der Waals surface area contributed by atoms with Gasteiger partial charge in [-0.2, -0.15) is 0 Å². The summed E-state index contributed by atoms with van der Waals surface area (Å²) in [4.78, 5) is 13.7. The lowest BCUT2D eigenvalue weighted by Gasteiger charge is -2.27. The Labute approximate surface area is 95.9 Å². The van der Waals surface area contributed by atoms with Crippen molar-refractivity contribution in [3.63, 3.8) is 0 Å². The van der Waals surface area contributed by atoms with Crippen LogP contribution in [0.2, 0.25) is 0 Å². The summed E-state index contributed by atoms with van der Waals surface area (Å²) in [6, 6.07) is -0.144. The maximum atomic E-state index is 12.0. The molecule has 1 aliphatic carbocycles. The zero-order valence-electron chi connectivity index (χ0n) is 9.43.